The van der Waals surface area contributed by atoms with E-state index in [1.807, 2.05) is 6.07 Å². The van der Waals surface area contributed by atoms with Crippen LogP contribution in [0.25, 0.3) is 5.82 Å². The summed E-state index contributed by atoms with van der Waals surface area (Å²) in [6.45, 7) is 0.593. The molecule has 0 radical (unpaired) electrons. The van der Waals surface area contributed by atoms with E-state index in [9.17, 15) is 9.59 Å². The van der Waals surface area contributed by atoms with Crippen molar-refractivity contribution in [2.75, 3.05) is 6.54 Å². The van der Waals surface area contributed by atoms with Crippen molar-refractivity contribution < 1.29 is 4.79 Å². The number of nitrogens with zero attached hydrogens (tertiary/aromatic N) is 4. The Morgan fingerprint density at radius 3 is 2.65 bits per heavy atom. The molecule has 2 aromatic heterocycles. The normalized spacial score (nSPS) is 10.4. The number of hydrogen-bond donors (Lipinski definition) is 1. The highest BCUT2D eigenvalue weighted by molar-refractivity contribution is 5.94. The van der Waals surface area contributed by atoms with Gasteiger partial charge in [0, 0.05) is 30.6 Å². The fraction of sp³-hybridized carbons (Fsp3) is 0.125. The molecule has 2 heterocycles. The molecule has 23 heavy (non-hydrogen) atoms. The summed E-state index contributed by atoms with van der Waals surface area (Å²) in [5, 5.41) is 11.1. The summed E-state index contributed by atoms with van der Waals surface area (Å²) in [5.41, 5.74) is 0.355. The molecule has 0 aliphatic rings. The lowest BCUT2D eigenvalue weighted by Crippen LogP contribution is -2.32. The summed E-state index contributed by atoms with van der Waals surface area (Å²) in [6.07, 6.45) is 3.38. The molecule has 1 amide bonds. The van der Waals surface area contributed by atoms with Gasteiger partial charge in [-0.1, -0.05) is 18.2 Å². The van der Waals surface area contributed by atoms with Gasteiger partial charge in [-0.2, -0.15) is 5.10 Å². The second-order valence-corrected chi connectivity index (χ2v) is 4.83. The maximum atomic E-state index is 11.9. The number of hydrogen-bond acceptors (Lipinski definition) is 4. The van der Waals surface area contributed by atoms with Crippen LogP contribution in [0.4, 0.5) is 0 Å². The van der Waals surface area contributed by atoms with Gasteiger partial charge in [0.05, 0.1) is 6.54 Å². The number of carbonyl (C=O) groups excluding carboxylic acids is 1. The summed E-state index contributed by atoms with van der Waals surface area (Å²) in [7, 11) is 0. The van der Waals surface area contributed by atoms with E-state index in [2.05, 4.69) is 15.5 Å². The first kappa shape index (κ1) is 14.7. The predicted molar refractivity (Wildman–Crippen MR) is 84.4 cm³/mol. The molecule has 1 aromatic carbocycles. The number of carbonyl (C=O) groups is 1. The number of aromatic nitrogens is 4. The molecule has 0 saturated heterocycles. The maximum Gasteiger partial charge on any atom is 0.266 e. The molecule has 0 saturated carbocycles. The first-order valence-corrected chi connectivity index (χ1v) is 7.15. The Morgan fingerprint density at radius 1 is 1.09 bits per heavy atom. The standard InChI is InChI=1S/C16H15N5O2/c22-15-8-7-14(20-11-4-9-18-20)19-21(15)12-10-17-16(23)13-5-2-1-3-6-13/h1-9,11H,10,12H2,(H,17,23). The molecule has 0 atom stereocenters. The molecule has 0 spiro atoms. The van der Waals surface area contributed by atoms with Crippen LogP contribution >= 0.6 is 0 Å². The van der Waals surface area contributed by atoms with Crippen LogP contribution in [0, 0.1) is 0 Å². The molecule has 0 aliphatic carbocycles. The van der Waals surface area contributed by atoms with E-state index < -0.39 is 0 Å². The van der Waals surface area contributed by atoms with E-state index in [4.69, 9.17) is 0 Å². The van der Waals surface area contributed by atoms with Gasteiger partial charge >= 0.3 is 0 Å². The lowest BCUT2D eigenvalue weighted by Gasteiger charge is -2.08. The highest BCUT2D eigenvalue weighted by Crippen LogP contribution is 1.99. The van der Waals surface area contributed by atoms with Gasteiger partial charge in [-0.3, -0.25) is 9.59 Å². The number of nitrogens with one attached hydrogen (secondary N) is 1. The van der Waals surface area contributed by atoms with Crippen molar-refractivity contribution in [2.45, 2.75) is 6.54 Å². The summed E-state index contributed by atoms with van der Waals surface area (Å²) in [5.74, 6) is 0.367. The fourth-order valence-corrected chi connectivity index (χ4v) is 2.09. The van der Waals surface area contributed by atoms with Crippen molar-refractivity contribution in [3.8, 4) is 5.82 Å². The van der Waals surface area contributed by atoms with Crippen molar-refractivity contribution in [1.82, 2.24) is 24.9 Å². The van der Waals surface area contributed by atoms with Gasteiger partial charge in [0.1, 0.15) is 0 Å². The van der Waals surface area contributed by atoms with Crippen LogP contribution in [0.15, 0.2) is 65.7 Å². The third-order valence-electron chi connectivity index (χ3n) is 3.24. The van der Waals surface area contributed by atoms with Crippen LogP contribution in [-0.2, 0) is 6.54 Å². The minimum Gasteiger partial charge on any atom is -0.350 e. The number of amides is 1. The fourth-order valence-electron chi connectivity index (χ4n) is 2.09. The highest BCUT2D eigenvalue weighted by Gasteiger charge is 2.06. The van der Waals surface area contributed by atoms with Crippen molar-refractivity contribution >= 4 is 5.91 Å². The minimum atomic E-state index is -0.227. The largest absolute Gasteiger partial charge is 0.350 e. The van der Waals surface area contributed by atoms with E-state index in [1.165, 1.54) is 10.7 Å². The smallest absolute Gasteiger partial charge is 0.266 e. The van der Waals surface area contributed by atoms with Crippen molar-refractivity contribution in [2.24, 2.45) is 0 Å². The van der Waals surface area contributed by atoms with Gasteiger partial charge in [0.25, 0.3) is 11.5 Å². The summed E-state index contributed by atoms with van der Waals surface area (Å²) < 4.78 is 2.88. The van der Waals surface area contributed by atoms with Crippen molar-refractivity contribution in [1.29, 1.82) is 0 Å². The van der Waals surface area contributed by atoms with Crippen LogP contribution in [0.3, 0.4) is 0 Å². The van der Waals surface area contributed by atoms with E-state index in [-0.39, 0.29) is 18.0 Å². The SMILES string of the molecule is O=C(NCCn1nc(-n2cccn2)ccc1=O)c1ccccc1. The third kappa shape index (κ3) is 3.52. The molecule has 7 heteroatoms. The molecular formula is C16H15N5O2. The summed E-state index contributed by atoms with van der Waals surface area (Å²) in [6, 6.07) is 13.7. The van der Waals surface area contributed by atoms with Gasteiger partial charge in [0.15, 0.2) is 5.82 Å². The molecule has 116 valence electrons. The third-order valence-corrected chi connectivity index (χ3v) is 3.24. The molecule has 0 bridgehead atoms. The van der Waals surface area contributed by atoms with Gasteiger partial charge < -0.3 is 5.32 Å². The zero-order valence-corrected chi connectivity index (χ0v) is 12.3. The zero-order valence-electron chi connectivity index (χ0n) is 12.3. The van der Waals surface area contributed by atoms with E-state index in [0.29, 0.717) is 17.9 Å². The second kappa shape index (κ2) is 6.69. The summed E-state index contributed by atoms with van der Waals surface area (Å²) in [4.78, 5) is 23.8. The molecule has 0 fully saturated rings. The Balaban J connectivity index is 1.65. The molecule has 7 nitrogen and oxygen atoms in total. The minimum absolute atomic E-state index is 0.179. The lowest BCUT2D eigenvalue weighted by atomic mass is 10.2. The average molecular weight is 309 g/mol. The molecule has 0 unspecified atom stereocenters. The Morgan fingerprint density at radius 2 is 1.91 bits per heavy atom. The van der Waals surface area contributed by atoms with Gasteiger partial charge in [0.2, 0.25) is 0 Å². The lowest BCUT2D eigenvalue weighted by molar-refractivity contribution is 0.0951. The molecule has 3 aromatic rings. The quantitative estimate of drug-likeness (QED) is 0.758. The van der Waals surface area contributed by atoms with Crippen LogP contribution in [-0.4, -0.2) is 32.0 Å². The predicted octanol–water partition coefficient (Wildman–Crippen LogP) is 0.859. The van der Waals surface area contributed by atoms with Crippen LogP contribution < -0.4 is 10.9 Å². The molecule has 3 rings (SSSR count). The second-order valence-electron chi connectivity index (χ2n) is 4.83. The highest BCUT2D eigenvalue weighted by atomic mass is 16.2. The summed E-state index contributed by atoms with van der Waals surface area (Å²) >= 11 is 0. The van der Waals surface area contributed by atoms with Crippen molar-refractivity contribution in [3.05, 3.63) is 76.8 Å². The Labute approximate surface area is 132 Å². The van der Waals surface area contributed by atoms with Gasteiger partial charge in [-0.25, -0.2) is 9.36 Å². The number of benzene rings is 1. The Bertz CT molecular complexity index is 840. The van der Waals surface area contributed by atoms with E-state index in [0.717, 1.165) is 0 Å². The van der Waals surface area contributed by atoms with Crippen LogP contribution in [0.2, 0.25) is 0 Å². The van der Waals surface area contributed by atoms with Crippen LogP contribution in [0.1, 0.15) is 10.4 Å². The zero-order chi connectivity index (χ0) is 16.1. The maximum absolute atomic E-state index is 11.9. The monoisotopic (exact) mass is 309 g/mol. The molecular weight excluding hydrogens is 294 g/mol. The first-order valence-electron chi connectivity index (χ1n) is 7.15. The molecule has 0 aliphatic heterocycles. The van der Waals surface area contributed by atoms with Gasteiger partial charge in [-0.15, -0.1) is 5.10 Å². The van der Waals surface area contributed by atoms with Gasteiger partial charge in [-0.05, 0) is 24.3 Å². The number of rotatable bonds is 5. The van der Waals surface area contributed by atoms with E-state index in [1.54, 1.807) is 53.5 Å². The van der Waals surface area contributed by atoms with Crippen molar-refractivity contribution in [3.63, 3.8) is 0 Å². The Hall–Kier alpha value is -3.22. The van der Waals surface area contributed by atoms with Crippen LogP contribution in [0.5, 0.6) is 0 Å². The average Bonchev–Trinajstić information content (AvgIpc) is 3.12. The first-order chi connectivity index (χ1) is 11.2. The Kier molecular flexibility index (Phi) is 4.28. The molecule has 1 N–H and O–H groups in total. The van der Waals surface area contributed by atoms with E-state index >= 15 is 0 Å². The topological polar surface area (TPSA) is 81.8 Å².